The summed E-state index contributed by atoms with van der Waals surface area (Å²) in [5, 5.41) is 12.7. The molecule has 2 atom stereocenters. The number of rotatable bonds is 4. The zero-order valence-corrected chi connectivity index (χ0v) is 15.7. The highest BCUT2D eigenvalue weighted by Gasteiger charge is 2.38. The summed E-state index contributed by atoms with van der Waals surface area (Å²) in [7, 11) is 0. The molecular formula is C21H20N8. The van der Waals surface area contributed by atoms with Gasteiger partial charge in [0.1, 0.15) is 11.6 Å². The zero-order chi connectivity index (χ0) is 19.2. The van der Waals surface area contributed by atoms with Crippen LogP contribution in [-0.4, -0.2) is 49.9 Å². The van der Waals surface area contributed by atoms with Crippen LogP contribution in [0.25, 0.3) is 16.6 Å². The number of aromatic nitrogens is 5. The summed E-state index contributed by atoms with van der Waals surface area (Å²) in [6, 6.07) is 13.4. The Bertz CT molecular complexity index is 1170. The monoisotopic (exact) mass is 384 g/mol. The van der Waals surface area contributed by atoms with Crippen molar-refractivity contribution in [3.05, 3.63) is 61.2 Å². The molecule has 0 spiro atoms. The van der Waals surface area contributed by atoms with Crippen molar-refractivity contribution in [3.63, 3.8) is 0 Å². The van der Waals surface area contributed by atoms with E-state index in [2.05, 4.69) is 48.7 Å². The second-order valence-electron chi connectivity index (χ2n) is 7.51. The normalized spacial score (nSPS) is 20.5. The number of nitrogens with one attached hydrogen (secondary N) is 2. The van der Waals surface area contributed by atoms with Gasteiger partial charge in [0, 0.05) is 55.2 Å². The van der Waals surface area contributed by atoms with Crippen molar-refractivity contribution in [2.75, 3.05) is 23.3 Å². The Hall–Kier alpha value is -3.52. The number of fused-ring (bicyclic) bond motifs is 3. The number of pyridine rings is 1. The van der Waals surface area contributed by atoms with E-state index in [-0.39, 0.29) is 0 Å². The third-order valence-electron chi connectivity index (χ3n) is 5.72. The van der Waals surface area contributed by atoms with Gasteiger partial charge in [0.05, 0.1) is 17.4 Å². The Morgan fingerprint density at radius 1 is 1.07 bits per heavy atom. The van der Waals surface area contributed by atoms with Crippen LogP contribution in [0.1, 0.15) is 6.42 Å². The standard InChI is InChI=1S/C21H20N8/c1-2-4-18-17(3-1)21(26-19-12-22-7-8-23-19)27-29(18)15-5-6-24-20(10-15)28-13-14-9-16(28)11-25-14/h1-8,10,12,14,16,25H,9,11,13H2,(H,23,26,27)/t14-,16-/m0/s1. The molecule has 2 bridgehead atoms. The average molecular weight is 384 g/mol. The summed E-state index contributed by atoms with van der Waals surface area (Å²) in [6.45, 7) is 2.05. The summed E-state index contributed by atoms with van der Waals surface area (Å²) in [4.78, 5) is 15.5. The molecule has 3 aromatic heterocycles. The van der Waals surface area contributed by atoms with Crippen LogP contribution in [0.15, 0.2) is 61.2 Å². The maximum atomic E-state index is 4.85. The highest BCUT2D eigenvalue weighted by atomic mass is 15.3. The molecule has 0 amide bonds. The van der Waals surface area contributed by atoms with Crippen molar-refractivity contribution >= 4 is 28.4 Å². The molecule has 0 saturated carbocycles. The summed E-state index contributed by atoms with van der Waals surface area (Å²) < 4.78 is 1.96. The molecule has 2 aliphatic rings. The third kappa shape index (κ3) is 2.80. The van der Waals surface area contributed by atoms with E-state index in [1.54, 1.807) is 18.6 Å². The van der Waals surface area contributed by atoms with Gasteiger partial charge in [0.15, 0.2) is 5.82 Å². The lowest BCUT2D eigenvalue weighted by Crippen LogP contribution is -2.44. The smallest absolute Gasteiger partial charge is 0.162 e. The first-order valence-corrected chi connectivity index (χ1v) is 9.82. The number of piperazine rings is 1. The molecular weight excluding hydrogens is 364 g/mol. The van der Waals surface area contributed by atoms with Gasteiger partial charge in [0.2, 0.25) is 0 Å². The average Bonchev–Trinajstić information content (AvgIpc) is 3.50. The molecule has 2 fully saturated rings. The predicted octanol–water partition coefficient (Wildman–Crippen LogP) is 2.50. The Kier molecular flexibility index (Phi) is 3.70. The van der Waals surface area contributed by atoms with Crippen molar-refractivity contribution in [3.8, 4) is 5.69 Å². The number of benzene rings is 1. The van der Waals surface area contributed by atoms with Crippen LogP contribution in [0, 0.1) is 0 Å². The summed E-state index contributed by atoms with van der Waals surface area (Å²) in [5.74, 6) is 2.43. The third-order valence-corrected chi connectivity index (χ3v) is 5.72. The molecule has 2 saturated heterocycles. The molecule has 29 heavy (non-hydrogen) atoms. The van der Waals surface area contributed by atoms with Gasteiger partial charge in [-0.3, -0.25) is 4.98 Å². The fraction of sp³-hybridized carbons (Fsp3) is 0.238. The van der Waals surface area contributed by atoms with E-state index in [0.717, 1.165) is 41.3 Å². The van der Waals surface area contributed by atoms with E-state index in [0.29, 0.717) is 17.9 Å². The van der Waals surface area contributed by atoms with E-state index in [9.17, 15) is 0 Å². The van der Waals surface area contributed by atoms with Gasteiger partial charge in [-0.2, -0.15) is 0 Å². The number of hydrogen-bond donors (Lipinski definition) is 2. The van der Waals surface area contributed by atoms with Crippen molar-refractivity contribution in [1.29, 1.82) is 0 Å². The molecule has 0 unspecified atom stereocenters. The molecule has 0 aliphatic carbocycles. The van der Waals surface area contributed by atoms with E-state index in [4.69, 9.17) is 5.10 Å². The first kappa shape index (κ1) is 16.4. The molecule has 2 aliphatic heterocycles. The van der Waals surface area contributed by atoms with E-state index < -0.39 is 0 Å². The van der Waals surface area contributed by atoms with Crippen LogP contribution >= 0.6 is 0 Å². The van der Waals surface area contributed by atoms with Gasteiger partial charge in [-0.1, -0.05) is 12.1 Å². The fourth-order valence-corrected chi connectivity index (χ4v) is 4.38. The second kappa shape index (κ2) is 6.52. The van der Waals surface area contributed by atoms with Gasteiger partial charge in [-0.25, -0.2) is 14.6 Å². The van der Waals surface area contributed by atoms with Crippen LogP contribution in [0.3, 0.4) is 0 Å². The van der Waals surface area contributed by atoms with Crippen LogP contribution < -0.4 is 15.5 Å². The Morgan fingerprint density at radius 2 is 2.03 bits per heavy atom. The number of para-hydroxylation sites is 1. The number of hydrogen-bond acceptors (Lipinski definition) is 7. The highest BCUT2D eigenvalue weighted by Crippen LogP contribution is 2.31. The lowest BCUT2D eigenvalue weighted by molar-refractivity contribution is 0.576. The van der Waals surface area contributed by atoms with Crippen molar-refractivity contribution < 1.29 is 0 Å². The molecule has 144 valence electrons. The van der Waals surface area contributed by atoms with Crippen LogP contribution in [-0.2, 0) is 0 Å². The van der Waals surface area contributed by atoms with Gasteiger partial charge >= 0.3 is 0 Å². The number of nitrogens with zero attached hydrogens (tertiary/aromatic N) is 6. The van der Waals surface area contributed by atoms with Gasteiger partial charge in [-0.05, 0) is 24.6 Å². The first-order chi connectivity index (χ1) is 14.3. The summed E-state index contributed by atoms with van der Waals surface area (Å²) in [6.07, 6.45) is 8.07. The van der Waals surface area contributed by atoms with Crippen LogP contribution in [0.5, 0.6) is 0 Å². The van der Waals surface area contributed by atoms with Gasteiger partial charge in [-0.15, -0.1) is 5.10 Å². The quantitative estimate of drug-likeness (QED) is 0.559. The van der Waals surface area contributed by atoms with Crippen molar-refractivity contribution in [1.82, 2.24) is 30.0 Å². The van der Waals surface area contributed by atoms with Crippen LogP contribution in [0.2, 0.25) is 0 Å². The van der Waals surface area contributed by atoms with E-state index in [1.807, 2.05) is 29.1 Å². The summed E-state index contributed by atoms with van der Waals surface area (Å²) in [5.41, 5.74) is 2.02. The minimum Gasteiger partial charge on any atom is -0.351 e. The minimum absolute atomic E-state index is 0.533. The zero-order valence-electron chi connectivity index (χ0n) is 15.7. The Balaban J connectivity index is 1.41. The molecule has 0 radical (unpaired) electrons. The fourth-order valence-electron chi connectivity index (χ4n) is 4.38. The lowest BCUT2D eigenvalue weighted by Gasteiger charge is -2.28. The van der Waals surface area contributed by atoms with Gasteiger partial charge in [0.25, 0.3) is 0 Å². The predicted molar refractivity (Wildman–Crippen MR) is 112 cm³/mol. The SMILES string of the molecule is c1ccc2c(c1)c(Nc1cnccn1)nn2-c1ccnc(N2C[C@@H]3C[C@H]2CN3)c1. The highest BCUT2D eigenvalue weighted by molar-refractivity contribution is 5.92. The van der Waals surface area contributed by atoms with Crippen LogP contribution in [0.4, 0.5) is 17.5 Å². The molecule has 2 N–H and O–H groups in total. The minimum atomic E-state index is 0.533. The van der Waals surface area contributed by atoms with Gasteiger partial charge < -0.3 is 15.5 Å². The lowest BCUT2D eigenvalue weighted by atomic mass is 10.2. The molecule has 5 heterocycles. The van der Waals surface area contributed by atoms with E-state index in [1.165, 1.54) is 6.42 Å². The second-order valence-corrected chi connectivity index (χ2v) is 7.51. The Labute approximate surface area is 167 Å². The topological polar surface area (TPSA) is 83.8 Å². The molecule has 8 nitrogen and oxygen atoms in total. The Morgan fingerprint density at radius 3 is 2.86 bits per heavy atom. The molecule has 8 heteroatoms. The number of anilines is 3. The molecule has 4 aromatic rings. The maximum absolute atomic E-state index is 4.85. The first-order valence-electron chi connectivity index (χ1n) is 9.82. The maximum Gasteiger partial charge on any atom is 0.162 e. The molecule has 6 rings (SSSR count). The van der Waals surface area contributed by atoms with Crippen molar-refractivity contribution in [2.24, 2.45) is 0 Å². The largest absolute Gasteiger partial charge is 0.351 e. The summed E-state index contributed by atoms with van der Waals surface area (Å²) >= 11 is 0. The van der Waals surface area contributed by atoms with Crippen molar-refractivity contribution in [2.45, 2.75) is 18.5 Å². The molecule has 1 aromatic carbocycles. The van der Waals surface area contributed by atoms with E-state index >= 15 is 0 Å².